The minimum absolute atomic E-state index is 0.106. The summed E-state index contributed by atoms with van der Waals surface area (Å²) in [5.41, 5.74) is 2.67. The summed E-state index contributed by atoms with van der Waals surface area (Å²) in [6, 6.07) is 9.69. The molecule has 3 aromatic rings. The molecule has 26 heavy (non-hydrogen) atoms. The first-order valence-corrected chi connectivity index (χ1v) is 8.59. The van der Waals surface area contributed by atoms with Crippen LogP contribution in [0.5, 0.6) is 11.5 Å². The molecule has 1 aliphatic rings. The highest BCUT2D eigenvalue weighted by atomic mass is 19.1. The van der Waals surface area contributed by atoms with E-state index in [1.54, 1.807) is 18.2 Å². The van der Waals surface area contributed by atoms with E-state index in [1.165, 1.54) is 12.1 Å². The number of halogens is 1. The molecule has 1 aliphatic heterocycles. The van der Waals surface area contributed by atoms with Crippen LogP contribution in [-0.4, -0.2) is 23.6 Å². The monoisotopic (exact) mass is 354 g/mol. The van der Waals surface area contributed by atoms with E-state index >= 15 is 0 Å². The largest absolute Gasteiger partial charge is 0.492 e. The Kier molecular flexibility index (Phi) is 4.03. The number of fused-ring (bicyclic) bond motifs is 2. The van der Waals surface area contributed by atoms with E-state index in [2.05, 4.69) is 10.3 Å². The maximum Gasteiger partial charge on any atom is 0.272 e. The third-order valence-corrected chi connectivity index (χ3v) is 4.37. The molecule has 2 N–H and O–H groups in total. The summed E-state index contributed by atoms with van der Waals surface area (Å²) in [7, 11) is 0. The molecule has 0 bridgehead atoms. The topological polar surface area (TPSA) is 63.3 Å². The average molecular weight is 354 g/mol. The quantitative estimate of drug-likeness (QED) is 0.735. The molecule has 4 rings (SSSR count). The first-order chi connectivity index (χ1) is 12.5. The smallest absolute Gasteiger partial charge is 0.272 e. The molecule has 2 aromatic carbocycles. The van der Waals surface area contributed by atoms with Gasteiger partial charge in [0, 0.05) is 29.0 Å². The molecule has 0 radical (unpaired) electrons. The SMILES string of the molecule is CCOc1cc2c(cc1NC(=O)c1cc3cc(F)ccc3[nH]1)OC(C)C2. The second-order valence-corrected chi connectivity index (χ2v) is 6.39. The minimum atomic E-state index is -0.341. The number of anilines is 1. The van der Waals surface area contributed by atoms with Gasteiger partial charge in [-0.25, -0.2) is 4.39 Å². The molecule has 1 aromatic heterocycles. The lowest BCUT2D eigenvalue weighted by atomic mass is 10.1. The number of rotatable bonds is 4. The Bertz CT molecular complexity index is 996. The maximum atomic E-state index is 13.3. The van der Waals surface area contributed by atoms with Crippen molar-refractivity contribution < 1.29 is 18.7 Å². The van der Waals surface area contributed by atoms with Crippen LogP contribution in [0.2, 0.25) is 0 Å². The standard InChI is InChI=1S/C20H19FN2O3/c1-3-25-19-9-13-6-11(2)26-18(13)10-16(19)23-20(24)17-8-12-7-14(21)4-5-15(12)22-17/h4-5,7-11,22H,3,6H2,1-2H3,(H,23,24). The Morgan fingerprint density at radius 3 is 3.00 bits per heavy atom. The van der Waals surface area contributed by atoms with Crippen molar-refractivity contribution in [1.29, 1.82) is 0 Å². The van der Waals surface area contributed by atoms with Crippen molar-refractivity contribution in [2.24, 2.45) is 0 Å². The van der Waals surface area contributed by atoms with E-state index in [9.17, 15) is 9.18 Å². The van der Waals surface area contributed by atoms with E-state index in [0.717, 1.165) is 17.7 Å². The van der Waals surface area contributed by atoms with Crippen LogP contribution in [0.15, 0.2) is 36.4 Å². The number of amides is 1. The second-order valence-electron chi connectivity index (χ2n) is 6.39. The second kappa shape index (κ2) is 6.37. The van der Waals surface area contributed by atoms with E-state index < -0.39 is 0 Å². The van der Waals surface area contributed by atoms with Gasteiger partial charge in [0.25, 0.3) is 5.91 Å². The van der Waals surface area contributed by atoms with Crippen LogP contribution in [0.4, 0.5) is 10.1 Å². The lowest BCUT2D eigenvalue weighted by Crippen LogP contribution is -2.13. The zero-order valence-electron chi connectivity index (χ0n) is 14.6. The molecule has 0 saturated heterocycles. The highest BCUT2D eigenvalue weighted by Crippen LogP contribution is 2.38. The van der Waals surface area contributed by atoms with Gasteiger partial charge in [0.05, 0.1) is 12.3 Å². The van der Waals surface area contributed by atoms with Crippen LogP contribution >= 0.6 is 0 Å². The zero-order chi connectivity index (χ0) is 18.3. The van der Waals surface area contributed by atoms with Gasteiger partial charge in [0.15, 0.2) is 0 Å². The summed E-state index contributed by atoms with van der Waals surface area (Å²) < 4.78 is 24.8. The summed E-state index contributed by atoms with van der Waals surface area (Å²) in [5.74, 6) is 0.704. The molecule has 6 heteroatoms. The van der Waals surface area contributed by atoms with Gasteiger partial charge in [-0.1, -0.05) is 0 Å². The summed E-state index contributed by atoms with van der Waals surface area (Å²) in [6.45, 7) is 4.39. The number of ether oxygens (including phenoxy) is 2. The van der Waals surface area contributed by atoms with Gasteiger partial charge >= 0.3 is 0 Å². The fourth-order valence-electron chi connectivity index (χ4n) is 3.23. The highest BCUT2D eigenvalue weighted by molar-refractivity contribution is 6.06. The number of aromatic amines is 1. The van der Waals surface area contributed by atoms with Gasteiger partial charge in [-0.3, -0.25) is 4.79 Å². The predicted octanol–water partition coefficient (Wildman–Crippen LogP) is 4.28. The Labute approximate surface area is 150 Å². The molecule has 134 valence electrons. The van der Waals surface area contributed by atoms with Crippen LogP contribution in [0, 0.1) is 5.82 Å². The van der Waals surface area contributed by atoms with E-state index in [1.807, 2.05) is 19.9 Å². The van der Waals surface area contributed by atoms with Crippen LogP contribution in [0.25, 0.3) is 10.9 Å². The third kappa shape index (κ3) is 2.98. The molecule has 1 unspecified atom stereocenters. The van der Waals surface area contributed by atoms with Gasteiger partial charge in [-0.2, -0.15) is 0 Å². The Hall–Kier alpha value is -3.02. The summed E-state index contributed by atoms with van der Waals surface area (Å²) >= 11 is 0. The van der Waals surface area contributed by atoms with Gasteiger partial charge in [-0.05, 0) is 44.2 Å². The molecule has 0 saturated carbocycles. The van der Waals surface area contributed by atoms with Gasteiger partial charge < -0.3 is 19.8 Å². The van der Waals surface area contributed by atoms with E-state index in [-0.39, 0.29) is 17.8 Å². The van der Waals surface area contributed by atoms with Crippen molar-refractivity contribution in [2.75, 3.05) is 11.9 Å². The van der Waals surface area contributed by atoms with Crippen molar-refractivity contribution >= 4 is 22.5 Å². The number of carbonyl (C=O) groups excluding carboxylic acids is 1. The van der Waals surface area contributed by atoms with Gasteiger partial charge in [0.2, 0.25) is 0 Å². The van der Waals surface area contributed by atoms with Gasteiger partial charge in [0.1, 0.15) is 29.1 Å². The molecule has 0 fully saturated rings. The number of H-pyrrole nitrogens is 1. The van der Waals surface area contributed by atoms with Crippen LogP contribution in [0.1, 0.15) is 29.9 Å². The Balaban J connectivity index is 1.65. The van der Waals surface area contributed by atoms with Crippen molar-refractivity contribution in [3.63, 3.8) is 0 Å². The highest BCUT2D eigenvalue weighted by Gasteiger charge is 2.23. The number of carbonyl (C=O) groups is 1. The lowest BCUT2D eigenvalue weighted by Gasteiger charge is -2.13. The molecule has 5 nitrogen and oxygen atoms in total. The number of hydrogen-bond acceptors (Lipinski definition) is 3. The Morgan fingerprint density at radius 2 is 2.19 bits per heavy atom. The fourth-order valence-corrected chi connectivity index (χ4v) is 3.23. The maximum absolute atomic E-state index is 13.3. The molecule has 0 spiro atoms. The van der Waals surface area contributed by atoms with Crippen LogP contribution in [0.3, 0.4) is 0 Å². The molecular weight excluding hydrogens is 335 g/mol. The first-order valence-electron chi connectivity index (χ1n) is 8.59. The minimum Gasteiger partial charge on any atom is -0.492 e. The van der Waals surface area contributed by atoms with Crippen molar-refractivity contribution in [2.45, 2.75) is 26.4 Å². The number of benzene rings is 2. The molecular formula is C20H19FN2O3. The molecule has 1 atom stereocenters. The van der Waals surface area contributed by atoms with E-state index in [0.29, 0.717) is 34.6 Å². The Morgan fingerprint density at radius 1 is 1.35 bits per heavy atom. The van der Waals surface area contributed by atoms with Crippen LogP contribution < -0.4 is 14.8 Å². The summed E-state index contributed by atoms with van der Waals surface area (Å²) in [5, 5.41) is 3.51. The first kappa shape index (κ1) is 16.4. The van der Waals surface area contributed by atoms with Crippen molar-refractivity contribution in [3.05, 3.63) is 53.5 Å². The average Bonchev–Trinajstić information content (AvgIpc) is 3.17. The summed E-state index contributed by atoms with van der Waals surface area (Å²) in [6.07, 6.45) is 0.922. The van der Waals surface area contributed by atoms with E-state index in [4.69, 9.17) is 9.47 Å². The van der Waals surface area contributed by atoms with Crippen molar-refractivity contribution in [1.82, 2.24) is 4.98 Å². The van der Waals surface area contributed by atoms with Gasteiger partial charge in [-0.15, -0.1) is 0 Å². The molecule has 0 aliphatic carbocycles. The molecule has 2 heterocycles. The number of aromatic nitrogens is 1. The molecule has 1 amide bonds. The fraction of sp³-hybridized carbons (Fsp3) is 0.250. The predicted molar refractivity (Wildman–Crippen MR) is 97.6 cm³/mol. The van der Waals surface area contributed by atoms with Crippen LogP contribution in [-0.2, 0) is 6.42 Å². The normalized spacial score (nSPS) is 15.6. The third-order valence-electron chi connectivity index (χ3n) is 4.37. The zero-order valence-corrected chi connectivity index (χ0v) is 14.6. The summed E-state index contributed by atoms with van der Waals surface area (Å²) in [4.78, 5) is 15.7. The number of nitrogens with one attached hydrogen (secondary N) is 2. The number of hydrogen-bond donors (Lipinski definition) is 2. The van der Waals surface area contributed by atoms with Crippen molar-refractivity contribution in [3.8, 4) is 11.5 Å². The lowest BCUT2D eigenvalue weighted by molar-refractivity contribution is 0.102.